The summed E-state index contributed by atoms with van der Waals surface area (Å²) in [7, 11) is 0. The van der Waals surface area contributed by atoms with E-state index in [1.165, 1.54) is 24.8 Å². The van der Waals surface area contributed by atoms with Gasteiger partial charge in [-0.15, -0.1) is 0 Å². The van der Waals surface area contributed by atoms with E-state index in [0.29, 0.717) is 6.04 Å². The van der Waals surface area contributed by atoms with E-state index in [2.05, 4.69) is 34.2 Å². The average molecular weight is 303 g/mol. The van der Waals surface area contributed by atoms with Crippen molar-refractivity contribution in [3.63, 3.8) is 0 Å². The van der Waals surface area contributed by atoms with Crippen LogP contribution in [0.25, 0.3) is 0 Å². The minimum atomic E-state index is 0.601. The minimum absolute atomic E-state index is 0.601. The van der Waals surface area contributed by atoms with E-state index in [1.54, 1.807) is 0 Å². The number of hydrogen-bond donors (Lipinski definition) is 1. The van der Waals surface area contributed by atoms with Gasteiger partial charge in [-0.05, 0) is 49.4 Å². The van der Waals surface area contributed by atoms with Gasteiger partial charge in [0.15, 0.2) is 0 Å². The van der Waals surface area contributed by atoms with Gasteiger partial charge in [0.2, 0.25) is 0 Å². The zero-order valence-electron chi connectivity index (χ0n) is 9.47. The molecule has 0 amide bonds. The molecule has 1 fully saturated rings. The highest BCUT2D eigenvalue weighted by atomic mass is 79.9. The molecule has 2 rings (SSSR count). The molecule has 0 bridgehead atoms. The van der Waals surface area contributed by atoms with Crippen molar-refractivity contribution in [2.75, 3.05) is 0 Å². The Morgan fingerprint density at radius 2 is 2.25 bits per heavy atom. The molecule has 1 unspecified atom stereocenters. The lowest BCUT2D eigenvalue weighted by molar-refractivity contribution is 0.240. The number of halogens is 2. The third-order valence-corrected chi connectivity index (χ3v) is 4.34. The Bertz CT molecular complexity index is 363. The van der Waals surface area contributed by atoms with Gasteiger partial charge >= 0.3 is 0 Å². The van der Waals surface area contributed by atoms with E-state index in [9.17, 15) is 0 Å². The van der Waals surface area contributed by atoms with E-state index < -0.39 is 0 Å². The van der Waals surface area contributed by atoms with Crippen molar-refractivity contribution in [1.29, 1.82) is 0 Å². The van der Waals surface area contributed by atoms with Crippen molar-refractivity contribution >= 4 is 27.5 Å². The normalized spacial score (nSPS) is 18.2. The second-order valence-electron chi connectivity index (χ2n) is 4.60. The topological polar surface area (TPSA) is 12.0 Å². The molecule has 0 aliphatic heterocycles. The summed E-state index contributed by atoms with van der Waals surface area (Å²) in [5.41, 5.74) is 1.17. The lowest BCUT2D eigenvalue weighted by Crippen LogP contribution is -2.36. The Hall–Kier alpha value is -0.0500. The van der Waals surface area contributed by atoms with Crippen LogP contribution in [-0.4, -0.2) is 6.04 Å². The summed E-state index contributed by atoms with van der Waals surface area (Å²) in [4.78, 5) is 0. The summed E-state index contributed by atoms with van der Waals surface area (Å²) in [6.45, 7) is 3.13. The van der Waals surface area contributed by atoms with Crippen LogP contribution in [0.5, 0.6) is 0 Å². The minimum Gasteiger partial charge on any atom is -0.310 e. The molecule has 1 aromatic carbocycles. The number of nitrogens with one attached hydrogen (secondary N) is 1. The summed E-state index contributed by atoms with van der Waals surface area (Å²) in [6, 6.07) is 6.60. The fraction of sp³-hybridized carbons (Fsp3) is 0.538. The molecule has 0 heterocycles. The molecule has 0 aromatic heterocycles. The van der Waals surface area contributed by atoms with E-state index in [1.807, 2.05) is 12.1 Å². The lowest BCUT2D eigenvalue weighted by atomic mass is 9.80. The second-order valence-corrected chi connectivity index (χ2v) is 5.92. The molecular formula is C13H17BrClN. The van der Waals surface area contributed by atoms with E-state index in [-0.39, 0.29) is 0 Å². The highest BCUT2D eigenvalue weighted by Crippen LogP contribution is 2.29. The summed E-state index contributed by atoms with van der Waals surface area (Å²) < 4.78 is 1.09. The largest absolute Gasteiger partial charge is 0.310 e. The summed E-state index contributed by atoms with van der Waals surface area (Å²) >= 11 is 9.62. The fourth-order valence-corrected chi connectivity index (χ4v) is 2.65. The number of hydrogen-bond acceptors (Lipinski definition) is 1. The zero-order chi connectivity index (χ0) is 11.5. The van der Waals surface area contributed by atoms with E-state index in [4.69, 9.17) is 11.6 Å². The van der Waals surface area contributed by atoms with Gasteiger partial charge < -0.3 is 5.32 Å². The van der Waals surface area contributed by atoms with Crippen molar-refractivity contribution in [2.24, 2.45) is 5.92 Å². The molecule has 1 aliphatic rings. The molecule has 1 aliphatic carbocycles. The maximum Gasteiger partial charge on any atom is 0.0451 e. The van der Waals surface area contributed by atoms with Gasteiger partial charge in [-0.3, -0.25) is 0 Å². The molecule has 3 heteroatoms. The van der Waals surface area contributed by atoms with Crippen molar-refractivity contribution in [3.8, 4) is 0 Å². The van der Waals surface area contributed by atoms with Crippen LogP contribution in [-0.2, 0) is 6.54 Å². The third kappa shape index (κ3) is 2.99. The molecule has 0 saturated heterocycles. The van der Waals surface area contributed by atoms with Crippen LogP contribution in [0.15, 0.2) is 22.7 Å². The average Bonchev–Trinajstić information content (AvgIpc) is 2.17. The Balaban J connectivity index is 1.90. The number of rotatable bonds is 4. The van der Waals surface area contributed by atoms with E-state index >= 15 is 0 Å². The quantitative estimate of drug-likeness (QED) is 0.870. The first-order valence-electron chi connectivity index (χ1n) is 5.84. The molecule has 1 nitrogen and oxygen atoms in total. The highest BCUT2D eigenvalue weighted by molar-refractivity contribution is 9.10. The third-order valence-electron chi connectivity index (χ3n) is 3.48. The molecule has 0 spiro atoms. The Labute approximate surface area is 111 Å². The SMILES string of the molecule is CC(NCc1cc(Br)ccc1Cl)C1CCC1. The summed E-state index contributed by atoms with van der Waals surface area (Å²) in [6.07, 6.45) is 4.15. The summed E-state index contributed by atoms with van der Waals surface area (Å²) in [5.74, 6) is 0.867. The Morgan fingerprint density at radius 1 is 1.50 bits per heavy atom. The molecule has 1 atom stereocenters. The fourth-order valence-electron chi connectivity index (χ4n) is 2.06. The van der Waals surface area contributed by atoms with Crippen LogP contribution >= 0.6 is 27.5 Å². The van der Waals surface area contributed by atoms with Crippen molar-refractivity contribution in [2.45, 2.75) is 38.8 Å². The molecule has 16 heavy (non-hydrogen) atoms. The molecular weight excluding hydrogens is 286 g/mol. The smallest absolute Gasteiger partial charge is 0.0451 e. The monoisotopic (exact) mass is 301 g/mol. The first-order valence-corrected chi connectivity index (χ1v) is 7.01. The Kier molecular flexibility index (Phi) is 4.28. The van der Waals surface area contributed by atoms with Crippen molar-refractivity contribution < 1.29 is 0 Å². The van der Waals surface area contributed by atoms with Gasteiger partial charge in [-0.1, -0.05) is 34.0 Å². The van der Waals surface area contributed by atoms with Gasteiger partial charge in [-0.2, -0.15) is 0 Å². The van der Waals surface area contributed by atoms with Crippen LogP contribution in [0.1, 0.15) is 31.7 Å². The lowest BCUT2D eigenvalue weighted by Gasteiger charge is -2.32. The van der Waals surface area contributed by atoms with Crippen LogP contribution in [0.4, 0.5) is 0 Å². The van der Waals surface area contributed by atoms with Crippen LogP contribution in [0.2, 0.25) is 5.02 Å². The van der Waals surface area contributed by atoms with Crippen molar-refractivity contribution in [1.82, 2.24) is 5.32 Å². The van der Waals surface area contributed by atoms with Gasteiger partial charge in [0.05, 0.1) is 0 Å². The predicted molar refractivity (Wildman–Crippen MR) is 72.8 cm³/mol. The Morgan fingerprint density at radius 3 is 2.88 bits per heavy atom. The molecule has 88 valence electrons. The van der Waals surface area contributed by atoms with Crippen LogP contribution in [0.3, 0.4) is 0 Å². The molecule has 1 saturated carbocycles. The highest BCUT2D eigenvalue weighted by Gasteiger charge is 2.23. The standard InChI is InChI=1S/C13H17BrClN/c1-9(10-3-2-4-10)16-8-11-7-12(14)5-6-13(11)15/h5-7,9-10,16H,2-4,8H2,1H3. The second kappa shape index (κ2) is 5.52. The molecule has 1 N–H and O–H groups in total. The zero-order valence-corrected chi connectivity index (χ0v) is 11.8. The molecule has 1 aromatic rings. The van der Waals surface area contributed by atoms with Gasteiger partial charge in [-0.25, -0.2) is 0 Å². The van der Waals surface area contributed by atoms with Gasteiger partial charge in [0, 0.05) is 22.1 Å². The first kappa shape index (κ1) is 12.4. The summed E-state index contributed by atoms with van der Waals surface area (Å²) in [5, 5.41) is 4.41. The molecule has 0 radical (unpaired) electrons. The number of benzene rings is 1. The van der Waals surface area contributed by atoms with E-state index in [0.717, 1.165) is 22.0 Å². The van der Waals surface area contributed by atoms with Gasteiger partial charge in [0.1, 0.15) is 0 Å². The predicted octanol–water partition coefficient (Wildman–Crippen LogP) is 4.38. The van der Waals surface area contributed by atoms with Crippen LogP contribution < -0.4 is 5.32 Å². The maximum atomic E-state index is 6.15. The maximum absolute atomic E-state index is 6.15. The van der Waals surface area contributed by atoms with Gasteiger partial charge in [0.25, 0.3) is 0 Å². The first-order chi connectivity index (χ1) is 7.66. The van der Waals surface area contributed by atoms with Crippen molar-refractivity contribution in [3.05, 3.63) is 33.3 Å². The van der Waals surface area contributed by atoms with Crippen LogP contribution in [0, 0.1) is 5.92 Å².